The van der Waals surface area contributed by atoms with Crippen LogP contribution in [0.5, 0.6) is 0 Å². The van der Waals surface area contributed by atoms with E-state index in [1.165, 1.54) is 0 Å². The third kappa shape index (κ3) is 5.79. The lowest BCUT2D eigenvalue weighted by atomic mass is 10.1. The number of aryl methyl sites for hydroxylation is 2. The normalized spacial score (nSPS) is 12.3. The summed E-state index contributed by atoms with van der Waals surface area (Å²) in [4.78, 5) is 12.8. The highest BCUT2D eigenvalue weighted by molar-refractivity contribution is 5.94. The summed E-state index contributed by atoms with van der Waals surface area (Å²) in [7, 11) is 1.63. The first-order valence-electron chi connectivity index (χ1n) is 10.7. The van der Waals surface area contributed by atoms with E-state index < -0.39 is 0 Å². The number of rotatable bonds is 10. The second-order valence-corrected chi connectivity index (χ2v) is 8.08. The van der Waals surface area contributed by atoms with Gasteiger partial charge in [0, 0.05) is 25.3 Å². The zero-order valence-corrected chi connectivity index (χ0v) is 18.9. The van der Waals surface area contributed by atoms with E-state index in [-0.39, 0.29) is 11.9 Å². The summed E-state index contributed by atoms with van der Waals surface area (Å²) in [6.07, 6.45) is 2.66. The first-order chi connectivity index (χ1) is 14.9. The molecule has 2 aromatic heterocycles. The number of carbonyl (C=O) groups is 1. The van der Waals surface area contributed by atoms with E-state index in [0.717, 1.165) is 30.6 Å². The highest BCUT2D eigenvalue weighted by Crippen LogP contribution is 2.23. The zero-order valence-electron chi connectivity index (χ0n) is 18.9. The Morgan fingerprint density at radius 3 is 2.71 bits per heavy atom. The van der Waals surface area contributed by atoms with Gasteiger partial charge < -0.3 is 14.5 Å². The van der Waals surface area contributed by atoms with Crippen LogP contribution in [0, 0.1) is 12.8 Å². The quantitative estimate of drug-likeness (QED) is 0.528. The molecule has 3 aromatic rings. The fourth-order valence-corrected chi connectivity index (χ4v) is 3.27. The number of nitrogens with one attached hydrogen (secondary N) is 1. The molecule has 1 atom stereocenters. The fourth-order valence-electron chi connectivity index (χ4n) is 3.27. The number of carbonyl (C=O) groups excluding carboxylic acids is 1. The molecule has 0 fully saturated rings. The van der Waals surface area contributed by atoms with Crippen LogP contribution in [0.15, 0.2) is 34.7 Å². The van der Waals surface area contributed by atoms with Gasteiger partial charge in [0.15, 0.2) is 0 Å². The van der Waals surface area contributed by atoms with Crippen LogP contribution in [0.25, 0.3) is 17.3 Å². The monoisotopic (exact) mass is 425 g/mol. The van der Waals surface area contributed by atoms with Crippen LogP contribution in [0.3, 0.4) is 0 Å². The summed E-state index contributed by atoms with van der Waals surface area (Å²) in [6.45, 7) is 8.64. The van der Waals surface area contributed by atoms with Crippen LogP contribution in [-0.4, -0.2) is 45.6 Å². The number of methoxy groups -OCH3 is 1. The van der Waals surface area contributed by atoms with Crippen LogP contribution in [0.4, 0.5) is 0 Å². The van der Waals surface area contributed by atoms with Gasteiger partial charge in [-0.2, -0.15) is 5.10 Å². The van der Waals surface area contributed by atoms with Crippen molar-refractivity contribution < 1.29 is 13.9 Å². The standard InChI is InChI=1S/C23H31N5O3/c1-6-18(14-30-5)24-22(29)17-8-7-9-19(12-17)28-20(11-10-15(2)3)13-21(27-28)23-26-25-16(4)31-23/h7-9,12-13,15,18H,6,10-11,14H2,1-5H3,(H,24,29). The van der Waals surface area contributed by atoms with Gasteiger partial charge in [-0.15, -0.1) is 10.2 Å². The third-order valence-electron chi connectivity index (χ3n) is 5.05. The molecule has 8 nitrogen and oxygen atoms in total. The van der Waals surface area contributed by atoms with Gasteiger partial charge in [-0.05, 0) is 49.4 Å². The average molecular weight is 426 g/mol. The largest absolute Gasteiger partial charge is 0.420 e. The molecule has 0 bridgehead atoms. The lowest BCUT2D eigenvalue weighted by Gasteiger charge is -2.16. The predicted molar refractivity (Wildman–Crippen MR) is 118 cm³/mol. The summed E-state index contributed by atoms with van der Waals surface area (Å²) in [5.41, 5.74) is 3.05. The molecule has 1 amide bonds. The Hall–Kier alpha value is -3.00. The van der Waals surface area contributed by atoms with Crippen molar-refractivity contribution in [3.05, 3.63) is 47.5 Å². The van der Waals surface area contributed by atoms with Gasteiger partial charge in [0.1, 0.15) is 5.69 Å². The number of hydrogen-bond acceptors (Lipinski definition) is 6. The van der Waals surface area contributed by atoms with Gasteiger partial charge >= 0.3 is 0 Å². The van der Waals surface area contributed by atoms with Gasteiger partial charge in [-0.25, -0.2) is 4.68 Å². The number of benzene rings is 1. The maximum atomic E-state index is 12.8. The summed E-state index contributed by atoms with van der Waals surface area (Å²) in [5, 5.41) is 15.7. The van der Waals surface area contributed by atoms with E-state index in [0.29, 0.717) is 35.6 Å². The first kappa shape index (κ1) is 22.7. The number of nitrogens with zero attached hydrogens (tertiary/aromatic N) is 4. The maximum absolute atomic E-state index is 12.8. The Balaban J connectivity index is 1.92. The van der Waals surface area contributed by atoms with Crippen LogP contribution >= 0.6 is 0 Å². The molecule has 1 aromatic carbocycles. The second-order valence-electron chi connectivity index (χ2n) is 8.08. The zero-order chi connectivity index (χ0) is 22.4. The van der Waals surface area contributed by atoms with Crippen molar-refractivity contribution in [2.75, 3.05) is 13.7 Å². The van der Waals surface area contributed by atoms with Crippen molar-refractivity contribution in [2.45, 2.75) is 53.0 Å². The van der Waals surface area contributed by atoms with E-state index in [1.807, 2.05) is 35.9 Å². The molecule has 0 saturated carbocycles. The Morgan fingerprint density at radius 2 is 2.06 bits per heavy atom. The molecule has 166 valence electrons. The lowest BCUT2D eigenvalue weighted by molar-refractivity contribution is 0.0894. The van der Waals surface area contributed by atoms with Crippen molar-refractivity contribution in [3.8, 4) is 17.3 Å². The Kier molecular flexibility index (Phi) is 7.57. The Labute approximate surface area is 183 Å². The van der Waals surface area contributed by atoms with Gasteiger partial charge in [0.2, 0.25) is 5.89 Å². The predicted octanol–water partition coefficient (Wildman–Crippen LogP) is 3.97. The molecule has 31 heavy (non-hydrogen) atoms. The number of ether oxygens (including phenoxy) is 1. The SMILES string of the molecule is CCC(COC)NC(=O)c1cccc(-n2nc(-c3nnc(C)o3)cc2CCC(C)C)c1. The first-order valence-corrected chi connectivity index (χ1v) is 10.7. The van der Waals surface area contributed by atoms with Gasteiger partial charge in [0.25, 0.3) is 11.8 Å². The van der Waals surface area contributed by atoms with E-state index in [4.69, 9.17) is 14.3 Å². The minimum atomic E-state index is -0.130. The van der Waals surface area contributed by atoms with Crippen molar-refractivity contribution in [1.29, 1.82) is 0 Å². The Morgan fingerprint density at radius 1 is 1.26 bits per heavy atom. The summed E-state index contributed by atoms with van der Waals surface area (Å²) in [5.74, 6) is 1.31. The van der Waals surface area contributed by atoms with E-state index in [2.05, 4.69) is 29.4 Å². The third-order valence-corrected chi connectivity index (χ3v) is 5.05. The molecular formula is C23H31N5O3. The highest BCUT2D eigenvalue weighted by atomic mass is 16.5. The van der Waals surface area contributed by atoms with Crippen molar-refractivity contribution in [3.63, 3.8) is 0 Å². The second kappa shape index (κ2) is 10.3. The molecule has 0 radical (unpaired) electrons. The topological polar surface area (TPSA) is 95.1 Å². The molecular weight excluding hydrogens is 394 g/mol. The lowest BCUT2D eigenvalue weighted by Crippen LogP contribution is -2.37. The van der Waals surface area contributed by atoms with E-state index in [9.17, 15) is 4.79 Å². The fraction of sp³-hybridized carbons (Fsp3) is 0.478. The minimum Gasteiger partial charge on any atom is -0.420 e. The molecule has 0 spiro atoms. The van der Waals surface area contributed by atoms with Gasteiger partial charge in [-0.3, -0.25) is 4.79 Å². The molecule has 0 aliphatic carbocycles. The van der Waals surface area contributed by atoms with Crippen LogP contribution in [0.1, 0.15) is 55.6 Å². The molecule has 0 aliphatic rings. The smallest absolute Gasteiger partial charge is 0.268 e. The Bertz CT molecular complexity index is 1010. The van der Waals surface area contributed by atoms with Crippen molar-refractivity contribution >= 4 is 5.91 Å². The van der Waals surface area contributed by atoms with Crippen LogP contribution in [-0.2, 0) is 11.2 Å². The molecule has 8 heteroatoms. The average Bonchev–Trinajstić information content (AvgIpc) is 3.38. The number of aromatic nitrogens is 4. The molecule has 1 unspecified atom stereocenters. The summed E-state index contributed by atoms with van der Waals surface area (Å²) in [6, 6.07) is 9.42. The van der Waals surface area contributed by atoms with Gasteiger partial charge in [-0.1, -0.05) is 26.8 Å². The van der Waals surface area contributed by atoms with Crippen LogP contribution < -0.4 is 5.32 Å². The van der Waals surface area contributed by atoms with Crippen LogP contribution in [0.2, 0.25) is 0 Å². The molecule has 1 N–H and O–H groups in total. The number of hydrogen-bond donors (Lipinski definition) is 1. The van der Waals surface area contributed by atoms with E-state index in [1.54, 1.807) is 20.1 Å². The highest BCUT2D eigenvalue weighted by Gasteiger charge is 2.18. The summed E-state index contributed by atoms with van der Waals surface area (Å²) >= 11 is 0. The minimum absolute atomic E-state index is 0.0279. The van der Waals surface area contributed by atoms with Crippen molar-refractivity contribution in [2.24, 2.45) is 5.92 Å². The molecule has 3 rings (SSSR count). The maximum Gasteiger partial charge on any atom is 0.268 e. The number of amides is 1. The molecule has 0 saturated heterocycles. The van der Waals surface area contributed by atoms with Crippen molar-refractivity contribution in [1.82, 2.24) is 25.3 Å². The summed E-state index contributed by atoms with van der Waals surface area (Å²) < 4.78 is 12.6. The molecule has 2 heterocycles. The van der Waals surface area contributed by atoms with Gasteiger partial charge in [0.05, 0.1) is 18.3 Å². The molecule has 0 aliphatic heterocycles. The van der Waals surface area contributed by atoms with E-state index >= 15 is 0 Å².